The lowest BCUT2D eigenvalue weighted by molar-refractivity contribution is -0.137. The van der Waals surface area contributed by atoms with Crippen LogP contribution in [0.1, 0.15) is 27.2 Å². The molecule has 0 bridgehead atoms. The summed E-state index contributed by atoms with van der Waals surface area (Å²) in [7, 11) is 0. The van der Waals surface area contributed by atoms with Gasteiger partial charge in [0.05, 0.1) is 16.6 Å². The van der Waals surface area contributed by atoms with Crippen LogP contribution in [0.15, 0.2) is 71.1 Å². The zero-order chi connectivity index (χ0) is 21.3. The normalized spacial score (nSPS) is 11.6. The van der Waals surface area contributed by atoms with Gasteiger partial charge in [0.25, 0.3) is 5.91 Å². The third-order valence-corrected chi connectivity index (χ3v) is 4.69. The standard InChI is InChI=1S/C23H17F3N2O2/c1-14-6-11-21(30-14)20-12-18(17-4-2-3-5-19(17)28-20)22(29)27-13-15-7-9-16(10-8-15)23(24,25)26/h2-12H,13H2,1H3,(H,27,29). The fourth-order valence-corrected chi connectivity index (χ4v) is 3.15. The molecule has 0 saturated heterocycles. The van der Waals surface area contributed by atoms with E-state index in [-0.39, 0.29) is 12.5 Å². The average Bonchev–Trinajstić information content (AvgIpc) is 3.17. The molecule has 7 heteroatoms. The third-order valence-electron chi connectivity index (χ3n) is 4.69. The smallest absolute Gasteiger partial charge is 0.416 e. The molecule has 30 heavy (non-hydrogen) atoms. The Morgan fingerprint density at radius 2 is 1.77 bits per heavy atom. The first-order valence-electron chi connectivity index (χ1n) is 9.22. The Balaban J connectivity index is 1.61. The largest absolute Gasteiger partial charge is 0.460 e. The van der Waals surface area contributed by atoms with Gasteiger partial charge in [-0.2, -0.15) is 13.2 Å². The average molecular weight is 410 g/mol. The summed E-state index contributed by atoms with van der Waals surface area (Å²) < 4.78 is 43.7. The van der Waals surface area contributed by atoms with Gasteiger partial charge in [-0.05, 0) is 48.9 Å². The molecule has 4 nitrogen and oxygen atoms in total. The molecule has 0 radical (unpaired) electrons. The molecule has 1 amide bonds. The van der Waals surface area contributed by atoms with Crippen LogP contribution in [-0.4, -0.2) is 10.9 Å². The second kappa shape index (κ2) is 7.67. The Labute approximate surface area is 170 Å². The molecule has 0 aliphatic heterocycles. The van der Waals surface area contributed by atoms with E-state index in [2.05, 4.69) is 10.3 Å². The molecule has 0 atom stereocenters. The van der Waals surface area contributed by atoms with Gasteiger partial charge in [0.1, 0.15) is 11.5 Å². The molecular weight excluding hydrogens is 393 g/mol. The fourth-order valence-electron chi connectivity index (χ4n) is 3.15. The van der Waals surface area contributed by atoms with Crippen molar-refractivity contribution in [2.24, 2.45) is 0 Å². The van der Waals surface area contributed by atoms with E-state index < -0.39 is 11.7 Å². The van der Waals surface area contributed by atoms with Crippen molar-refractivity contribution in [1.29, 1.82) is 0 Å². The number of furan rings is 1. The third kappa shape index (κ3) is 4.05. The summed E-state index contributed by atoms with van der Waals surface area (Å²) in [6.07, 6.45) is -4.39. The summed E-state index contributed by atoms with van der Waals surface area (Å²) in [6.45, 7) is 1.92. The number of hydrogen-bond acceptors (Lipinski definition) is 3. The number of aromatic nitrogens is 1. The summed E-state index contributed by atoms with van der Waals surface area (Å²) in [6, 6.07) is 17.2. The van der Waals surface area contributed by atoms with Gasteiger partial charge in [-0.1, -0.05) is 30.3 Å². The minimum atomic E-state index is -4.39. The van der Waals surface area contributed by atoms with Crippen molar-refractivity contribution in [1.82, 2.24) is 10.3 Å². The number of amides is 1. The summed E-state index contributed by atoms with van der Waals surface area (Å²) >= 11 is 0. The lowest BCUT2D eigenvalue weighted by Crippen LogP contribution is -2.23. The van der Waals surface area contributed by atoms with Crippen molar-refractivity contribution in [3.05, 3.63) is 89.2 Å². The fraction of sp³-hybridized carbons (Fsp3) is 0.130. The highest BCUT2D eigenvalue weighted by atomic mass is 19.4. The van der Waals surface area contributed by atoms with E-state index in [1.54, 1.807) is 24.3 Å². The SMILES string of the molecule is Cc1ccc(-c2cc(C(=O)NCc3ccc(C(F)(F)F)cc3)c3ccccc3n2)o1. The van der Waals surface area contributed by atoms with Crippen molar-refractivity contribution >= 4 is 16.8 Å². The second-order valence-electron chi connectivity index (χ2n) is 6.86. The van der Waals surface area contributed by atoms with Crippen LogP contribution < -0.4 is 5.32 Å². The number of rotatable bonds is 4. The number of pyridine rings is 1. The van der Waals surface area contributed by atoms with Crippen LogP contribution in [0.25, 0.3) is 22.4 Å². The first-order valence-corrected chi connectivity index (χ1v) is 9.22. The predicted octanol–water partition coefficient (Wildman–Crippen LogP) is 5.75. The minimum absolute atomic E-state index is 0.100. The van der Waals surface area contributed by atoms with Crippen molar-refractivity contribution < 1.29 is 22.4 Å². The number of nitrogens with zero attached hydrogens (tertiary/aromatic N) is 1. The van der Waals surface area contributed by atoms with Crippen LogP contribution in [0.3, 0.4) is 0 Å². The molecule has 0 aliphatic rings. The van der Waals surface area contributed by atoms with Gasteiger partial charge < -0.3 is 9.73 Å². The molecule has 0 spiro atoms. The van der Waals surface area contributed by atoms with Crippen LogP contribution >= 0.6 is 0 Å². The molecule has 2 aromatic heterocycles. The van der Waals surface area contributed by atoms with Crippen LogP contribution in [0, 0.1) is 6.92 Å². The van der Waals surface area contributed by atoms with Crippen LogP contribution in [0.5, 0.6) is 0 Å². The number of benzene rings is 2. The summed E-state index contributed by atoms with van der Waals surface area (Å²) in [5, 5.41) is 3.45. The van der Waals surface area contributed by atoms with Crippen LogP contribution in [0.4, 0.5) is 13.2 Å². The van der Waals surface area contributed by atoms with Gasteiger partial charge in [0, 0.05) is 11.9 Å². The number of hydrogen-bond donors (Lipinski definition) is 1. The van der Waals surface area contributed by atoms with E-state index in [4.69, 9.17) is 4.42 Å². The number of aryl methyl sites for hydroxylation is 1. The Morgan fingerprint density at radius 1 is 1.03 bits per heavy atom. The van der Waals surface area contributed by atoms with Gasteiger partial charge >= 0.3 is 6.18 Å². The molecule has 2 aromatic carbocycles. The van der Waals surface area contributed by atoms with Crippen molar-refractivity contribution in [2.45, 2.75) is 19.6 Å². The maximum absolute atomic E-state index is 12.9. The van der Waals surface area contributed by atoms with Crippen molar-refractivity contribution in [3.8, 4) is 11.5 Å². The Kier molecular flexibility index (Phi) is 5.03. The van der Waals surface area contributed by atoms with E-state index in [0.717, 1.165) is 17.9 Å². The topological polar surface area (TPSA) is 55.1 Å². The van der Waals surface area contributed by atoms with E-state index in [1.165, 1.54) is 12.1 Å². The number of halogens is 3. The summed E-state index contributed by atoms with van der Waals surface area (Å²) in [4.78, 5) is 17.5. The van der Waals surface area contributed by atoms with Crippen LogP contribution in [-0.2, 0) is 12.7 Å². The van der Waals surface area contributed by atoms with E-state index in [0.29, 0.717) is 33.5 Å². The van der Waals surface area contributed by atoms with Gasteiger partial charge in [-0.3, -0.25) is 4.79 Å². The van der Waals surface area contributed by atoms with Gasteiger partial charge in [0.15, 0.2) is 5.76 Å². The molecule has 4 rings (SSSR count). The number of carbonyl (C=O) groups is 1. The predicted molar refractivity (Wildman–Crippen MR) is 107 cm³/mol. The first kappa shape index (κ1) is 19.7. The molecule has 0 aliphatic carbocycles. The number of para-hydroxylation sites is 1. The molecule has 2 heterocycles. The number of alkyl halides is 3. The van der Waals surface area contributed by atoms with Crippen molar-refractivity contribution in [2.75, 3.05) is 0 Å². The van der Waals surface area contributed by atoms with E-state index in [9.17, 15) is 18.0 Å². The molecule has 0 saturated carbocycles. The Morgan fingerprint density at radius 3 is 2.43 bits per heavy atom. The highest BCUT2D eigenvalue weighted by Crippen LogP contribution is 2.29. The molecule has 0 fully saturated rings. The lowest BCUT2D eigenvalue weighted by Gasteiger charge is -2.11. The first-order chi connectivity index (χ1) is 14.3. The number of fused-ring (bicyclic) bond motifs is 1. The molecule has 4 aromatic rings. The minimum Gasteiger partial charge on any atom is -0.460 e. The lowest BCUT2D eigenvalue weighted by atomic mass is 10.1. The zero-order valence-corrected chi connectivity index (χ0v) is 16.0. The van der Waals surface area contributed by atoms with Gasteiger partial charge in [-0.25, -0.2) is 4.98 Å². The van der Waals surface area contributed by atoms with Gasteiger partial charge in [0.2, 0.25) is 0 Å². The molecular formula is C23H17F3N2O2. The summed E-state index contributed by atoms with van der Waals surface area (Å²) in [5.41, 5.74) is 1.43. The second-order valence-corrected chi connectivity index (χ2v) is 6.86. The maximum atomic E-state index is 12.9. The number of carbonyl (C=O) groups excluding carboxylic acids is 1. The quantitative estimate of drug-likeness (QED) is 0.466. The zero-order valence-electron chi connectivity index (χ0n) is 16.0. The van der Waals surface area contributed by atoms with E-state index in [1.807, 2.05) is 25.1 Å². The monoisotopic (exact) mass is 410 g/mol. The highest BCUT2D eigenvalue weighted by molar-refractivity contribution is 6.07. The Hall–Kier alpha value is -3.61. The summed E-state index contributed by atoms with van der Waals surface area (Å²) in [5.74, 6) is 0.932. The van der Waals surface area contributed by atoms with Crippen molar-refractivity contribution in [3.63, 3.8) is 0 Å². The van der Waals surface area contributed by atoms with Gasteiger partial charge in [-0.15, -0.1) is 0 Å². The van der Waals surface area contributed by atoms with E-state index >= 15 is 0 Å². The molecule has 152 valence electrons. The highest BCUT2D eigenvalue weighted by Gasteiger charge is 2.29. The number of nitrogens with one attached hydrogen (secondary N) is 1. The Bertz CT molecular complexity index is 1210. The van der Waals surface area contributed by atoms with Crippen LogP contribution in [0.2, 0.25) is 0 Å². The molecule has 1 N–H and O–H groups in total. The molecule has 0 unspecified atom stereocenters. The maximum Gasteiger partial charge on any atom is 0.416 e.